The minimum atomic E-state index is 0.603. The van der Waals surface area contributed by atoms with Gasteiger partial charge >= 0.3 is 0 Å². The number of allylic oxidation sites excluding steroid dienone is 1. The maximum atomic E-state index is 8.32. The highest BCUT2D eigenvalue weighted by Gasteiger charge is 1.96. The van der Waals surface area contributed by atoms with E-state index in [-0.39, 0.29) is 0 Å². The van der Waals surface area contributed by atoms with Gasteiger partial charge in [0, 0.05) is 17.8 Å². The highest BCUT2D eigenvalue weighted by atomic mass is 16.5. The van der Waals surface area contributed by atoms with Gasteiger partial charge in [-0.1, -0.05) is 0 Å². The first kappa shape index (κ1) is 9.14. The molecule has 0 radical (unpaired) electrons. The summed E-state index contributed by atoms with van der Waals surface area (Å²) in [7, 11) is 1.58. The summed E-state index contributed by atoms with van der Waals surface area (Å²) < 4.78 is 4.99. The van der Waals surface area contributed by atoms with Crippen molar-refractivity contribution >= 4 is 11.8 Å². The molecule has 0 atom stereocenters. The van der Waals surface area contributed by atoms with Gasteiger partial charge in [0.05, 0.1) is 13.2 Å². The van der Waals surface area contributed by atoms with Gasteiger partial charge in [-0.2, -0.15) is 5.26 Å². The Labute approximate surface area is 77.0 Å². The van der Waals surface area contributed by atoms with E-state index in [4.69, 9.17) is 15.7 Å². The minimum Gasteiger partial charge on any atom is -0.497 e. The largest absolute Gasteiger partial charge is 0.497 e. The van der Waals surface area contributed by atoms with E-state index in [1.165, 1.54) is 6.08 Å². The van der Waals surface area contributed by atoms with Crippen LogP contribution in [-0.4, -0.2) is 7.11 Å². The molecule has 13 heavy (non-hydrogen) atoms. The molecule has 1 rings (SSSR count). The van der Waals surface area contributed by atoms with Crippen LogP contribution in [0.15, 0.2) is 24.3 Å². The molecule has 3 heteroatoms. The fourth-order valence-electron chi connectivity index (χ4n) is 0.959. The van der Waals surface area contributed by atoms with E-state index in [9.17, 15) is 0 Å². The maximum absolute atomic E-state index is 8.32. The molecule has 1 aromatic rings. The number of nitrogen functional groups attached to an aromatic ring is 1. The van der Waals surface area contributed by atoms with Crippen LogP contribution in [0.1, 0.15) is 5.56 Å². The first-order valence-corrected chi connectivity index (χ1v) is 3.77. The Bertz CT molecular complexity index is 364. The number of ether oxygens (including phenoxy) is 1. The molecular formula is C10H10N2O. The average molecular weight is 174 g/mol. The molecule has 0 saturated carbocycles. The van der Waals surface area contributed by atoms with E-state index in [1.54, 1.807) is 25.3 Å². The summed E-state index contributed by atoms with van der Waals surface area (Å²) in [5.41, 5.74) is 7.12. The Morgan fingerprint density at radius 1 is 1.54 bits per heavy atom. The fourth-order valence-corrected chi connectivity index (χ4v) is 0.959. The van der Waals surface area contributed by atoms with Gasteiger partial charge in [-0.3, -0.25) is 0 Å². The van der Waals surface area contributed by atoms with Crippen LogP contribution in [0, 0.1) is 11.3 Å². The quantitative estimate of drug-likeness (QED) is 0.549. The van der Waals surface area contributed by atoms with E-state index in [2.05, 4.69) is 0 Å². The Kier molecular flexibility index (Phi) is 2.93. The third kappa shape index (κ3) is 2.24. The molecule has 0 bridgehead atoms. The van der Waals surface area contributed by atoms with Gasteiger partial charge in [-0.05, 0) is 23.8 Å². The summed E-state index contributed by atoms with van der Waals surface area (Å²) in [6.07, 6.45) is 3.05. The van der Waals surface area contributed by atoms with E-state index in [0.717, 1.165) is 5.56 Å². The molecule has 0 aliphatic rings. The maximum Gasteiger partial charge on any atom is 0.120 e. The Hall–Kier alpha value is -1.95. The van der Waals surface area contributed by atoms with Crippen molar-refractivity contribution in [2.24, 2.45) is 0 Å². The summed E-state index contributed by atoms with van der Waals surface area (Å²) in [6.45, 7) is 0. The van der Waals surface area contributed by atoms with E-state index < -0.39 is 0 Å². The van der Waals surface area contributed by atoms with Gasteiger partial charge in [0.25, 0.3) is 0 Å². The zero-order chi connectivity index (χ0) is 9.68. The second kappa shape index (κ2) is 4.17. The summed E-state index contributed by atoms with van der Waals surface area (Å²) >= 11 is 0. The van der Waals surface area contributed by atoms with E-state index in [0.29, 0.717) is 11.4 Å². The number of anilines is 1. The van der Waals surface area contributed by atoms with Crippen molar-refractivity contribution in [3.63, 3.8) is 0 Å². The van der Waals surface area contributed by atoms with Crippen molar-refractivity contribution in [3.8, 4) is 11.8 Å². The van der Waals surface area contributed by atoms with E-state index in [1.807, 2.05) is 12.1 Å². The smallest absolute Gasteiger partial charge is 0.120 e. The van der Waals surface area contributed by atoms with Crippen LogP contribution in [0.25, 0.3) is 6.08 Å². The molecule has 0 saturated heterocycles. The molecule has 1 aromatic carbocycles. The van der Waals surface area contributed by atoms with Crippen molar-refractivity contribution in [2.75, 3.05) is 12.8 Å². The van der Waals surface area contributed by atoms with Crippen molar-refractivity contribution in [2.45, 2.75) is 0 Å². The van der Waals surface area contributed by atoms with Crippen molar-refractivity contribution < 1.29 is 4.74 Å². The first-order chi connectivity index (χ1) is 6.27. The molecular weight excluding hydrogens is 164 g/mol. The standard InChI is InChI=1S/C10H10N2O/c1-13-9-5-4-8(3-2-6-11)10(12)7-9/h2-5,7H,12H2,1H3. The zero-order valence-corrected chi connectivity index (χ0v) is 7.32. The van der Waals surface area contributed by atoms with Crippen molar-refractivity contribution in [3.05, 3.63) is 29.8 Å². The van der Waals surface area contributed by atoms with Crippen LogP contribution in [0.3, 0.4) is 0 Å². The number of rotatable bonds is 2. The molecule has 0 spiro atoms. The number of methoxy groups -OCH3 is 1. The summed E-state index contributed by atoms with van der Waals surface area (Å²) in [4.78, 5) is 0. The zero-order valence-electron chi connectivity index (χ0n) is 7.32. The number of nitriles is 1. The van der Waals surface area contributed by atoms with Gasteiger partial charge in [0.2, 0.25) is 0 Å². The molecule has 0 aliphatic carbocycles. The van der Waals surface area contributed by atoms with Crippen LogP contribution in [0.2, 0.25) is 0 Å². The summed E-state index contributed by atoms with van der Waals surface area (Å²) in [5, 5.41) is 8.32. The van der Waals surface area contributed by atoms with Crippen LogP contribution < -0.4 is 10.5 Å². The predicted molar refractivity (Wildman–Crippen MR) is 52.1 cm³/mol. The first-order valence-electron chi connectivity index (χ1n) is 3.77. The van der Waals surface area contributed by atoms with Gasteiger partial charge in [0.15, 0.2) is 0 Å². The Morgan fingerprint density at radius 2 is 2.31 bits per heavy atom. The molecule has 0 heterocycles. The lowest BCUT2D eigenvalue weighted by Gasteiger charge is -2.03. The molecule has 0 aliphatic heterocycles. The number of nitrogens with two attached hydrogens (primary N) is 1. The molecule has 0 unspecified atom stereocenters. The Morgan fingerprint density at radius 3 is 2.85 bits per heavy atom. The normalized spacial score (nSPS) is 9.85. The lowest BCUT2D eigenvalue weighted by atomic mass is 10.1. The van der Waals surface area contributed by atoms with Gasteiger partial charge in [0.1, 0.15) is 5.75 Å². The Balaban J connectivity index is 3.00. The van der Waals surface area contributed by atoms with Crippen LogP contribution >= 0.6 is 0 Å². The number of benzene rings is 1. The lowest BCUT2D eigenvalue weighted by Crippen LogP contribution is -1.90. The molecule has 2 N–H and O–H groups in total. The van der Waals surface area contributed by atoms with E-state index >= 15 is 0 Å². The van der Waals surface area contributed by atoms with Crippen molar-refractivity contribution in [1.29, 1.82) is 5.26 Å². The summed E-state index contributed by atoms with van der Waals surface area (Å²) in [5.74, 6) is 0.714. The predicted octanol–water partition coefficient (Wildman–Crippen LogP) is 1.81. The summed E-state index contributed by atoms with van der Waals surface area (Å²) in [6, 6.07) is 7.23. The van der Waals surface area contributed by atoms with Gasteiger partial charge in [-0.15, -0.1) is 0 Å². The lowest BCUT2D eigenvalue weighted by molar-refractivity contribution is 0.415. The molecule has 0 amide bonds. The highest BCUT2D eigenvalue weighted by Crippen LogP contribution is 2.20. The van der Waals surface area contributed by atoms with Crippen LogP contribution in [0.4, 0.5) is 5.69 Å². The average Bonchev–Trinajstić information content (AvgIpc) is 2.16. The third-order valence-corrected chi connectivity index (χ3v) is 1.63. The van der Waals surface area contributed by atoms with Crippen LogP contribution in [0.5, 0.6) is 5.75 Å². The number of hydrogen-bond acceptors (Lipinski definition) is 3. The topological polar surface area (TPSA) is 59.0 Å². The number of hydrogen-bond donors (Lipinski definition) is 1. The van der Waals surface area contributed by atoms with Crippen LogP contribution in [-0.2, 0) is 0 Å². The monoisotopic (exact) mass is 174 g/mol. The third-order valence-electron chi connectivity index (χ3n) is 1.63. The molecule has 0 aromatic heterocycles. The fraction of sp³-hybridized carbons (Fsp3) is 0.100. The highest BCUT2D eigenvalue weighted by molar-refractivity contribution is 5.67. The molecule has 0 fully saturated rings. The SMILES string of the molecule is COc1ccc(C=CC#N)c(N)c1. The minimum absolute atomic E-state index is 0.603. The van der Waals surface area contributed by atoms with Crippen molar-refractivity contribution in [1.82, 2.24) is 0 Å². The van der Waals surface area contributed by atoms with Gasteiger partial charge in [-0.25, -0.2) is 0 Å². The number of nitrogens with zero attached hydrogens (tertiary/aromatic N) is 1. The molecule has 3 nitrogen and oxygen atoms in total. The van der Waals surface area contributed by atoms with Gasteiger partial charge < -0.3 is 10.5 Å². The molecule has 66 valence electrons. The second-order valence-corrected chi connectivity index (χ2v) is 2.46. The second-order valence-electron chi connectivity index (χ2n) is 2.46.